The maximum Gasteiger partial charge on any atom is 0.408 e. The Kier molecular flexibility index (Phi) is 12.2. The van der Waals surface area contributed by atoms with Crippen molar-refractivity contribution in [2.75, 3.05) is 6.61 Å². The zero-order valence-electron chi connectivity index (χ0n) is 25.3. The lowest BCUT2D eigenvalue weighted by atomic mass is 9.92. The Bertz CT molecular complexity index is 1130. The molecule has 3 amide bonds. The number of carbonyl (C=O) groups excluding carboxylic acids is 3. The van der Waals surface area contributed by atoms with Crippen molar-refractivity contribution in [2.45, 2.75) is 98.5 Å². The molecule has 0 fully saturated rings. The van der Waals surface area contributed by atoms with Gasteiger partial charge in [0.25, 0.3) is 0 Å². The fourth-order valence-corrected chi connectivity index (χ4v) is 4.50. The number of aryl methyl sites for hydroxylation is 1. The van der Waals surface area contributed by atoms with Gasteiger partial charge in [-0.05, 0) is 82.6 Å². The van der Waals surface area contributed by atoms with Gasteiger partial charge in [-0.2, -0.15) is 0 Å². The summed E-state index contributed by atoms with van der Waals surface area (Å²) in [6.07, 6.45) is 0.659. The Labute approximate surface area is 239 Å². The summed E-state index contributed by atoms with van der Waals surface area (Å²) in [5, 5.41) is 15.8. The minimum absolute atomic E-state index is 0.295. The first kappa shape index (κ1) is 32.8. The largest absolute Gasteiger partial charge is 0.444 e. The third kappa shape index (κ3) is 9.66. The van der Waals surface area contributed by atoms with E-state index >= 15 is 0 Å². The molecule has 0 aliphatic rings. The van der Waals surface area contributed by atoms with Crippen molar-refractivity contribution in [1.82, 2.24) is 15.5 Å². The van der Waals surface area contributed by atoms with Gasteiger partial charge >= 0.3 is 6.09 Å². The first-order valence-electron chi connectivity index (χ1n) is 14.1. The molecule has 0 saturated heterocycles. The van der Waals surface area contributed by atoms with Gasteiger partial charge in [-0.25, -0.2) is 4.79 Å². The fraction of sp³-hybridized carbons (Fsp3) is 0.531. The van der Waals surface area contributed by atoms with Gasteiger partial charge in [0.2, 0.25) is 11.8 Å². The van der Waals surface area contributed by atoms with Gasteiger partial charge < -0.3 is 25.4 Å². The number of nitrogens with one attached hydrogen (secondary N) is 2. The van der Waals surface area contributed by atoms with Gasteiger partial charge in [0.15, 0.2) is 0 Å². The van der Waals surface area contributed by atoms with E-state index in [2.05, 4.69) is 24.5 Å². The lowest BCUT2D eigenvalue weighted by molar-refractivity contribution is -0.146. The number of amides is 3. The number of carbonyl (C=O) groups is 3. The van der Waals surface area contributed by atoms with Crippen LogP contribution < -0.4 is 10.6 Å². The van der Waals surface area contributed by atoms with Gasteiger partial charge in [-0.1, -0.05) is 62.4 Å². The molecule has 3 unspecified atom stereocenters. The Morgan fingerprint density at radius 2 is 1.60 bits per heavy atom. The number of alkyl carbamates (subject to hydrolysis) is 1. The monoisotopic (exact) mass is 553 g/mol. The van der Waals surface area contributed by atoms with E-state index in [4.69, 9.17) is 4.74 Å². The number of ether oxygens (including phenoxy) is 1. The highest BCUT2D eigenvalue weighted by Crippen LogP contribution is 2.30. The molecule has 0 radical (unpaired) electrons. The Hall–Kier alpha value is -3.39. The topological polar surface area (TPSA) is 108 Å². The molecule has 3 atom stereocenters. The van der Waals surface area contributed by atoms with Crippen LogP contribution in [0.2, 0.25) is 0 Å². The molecule has 3 N–H and O–H groups in total. The molecular formula is C32H47N3O5. The summed E-state index contributed by atoms with van der Waals surface area (Å²) in [7, 11) is 0. The molecule has 0 aliphatic heterocycles. The average Bonchev–Trinajstić information content (AvgIpc) is 2.88. The Morgan fingerprint density at radius 3 is 2.17 bits per heavy atom. The molecule has 2 aromatic rings. The first-order chi connectivity index (χ1) is 18.7. The van der Waals surface area contributed by atoms with Crippen LogP contribution in [0, 0.1) is 19.8 Å². The summed E-state index contributed by atoms with van der Waals surface area (Å²) >= 11 is 0. The van der Waals surface area contributed by atoms with Crippen LogP contribution in [0.15, 0.2) is 48.5 Å². The summed E-state index contributed by atoms with van der Waals surface area (Å²) in [5.41, 5.74) is 2.74. The zero-order chi connectivity index (χ0) is 30.0. The van der Waals surface area contributed by atoms with Crippen LogP contribution in [0.5, 0.6) is 0 Å². The molecular weight excluding hydrogens is 506 g/mol. The van der Waals surface area contributed by atoms with Crippen molar-refractivity contribution in [3.05, 3.63) is 70.8 Å². The smallest absolute Gasteiger partial charge is 0.408 e. The molecule has 0 saturated carbocycles. The average molecular weight is 554 g/mol. The molecule has 0 heterocycles. The van der Waals surface area contributed by atoms with Crippen molar-refractivity contribution in [2.24, 2.45) is 5.92 Å². The fourth-order valence-electron chi connectivity index (χ4n) is 4.50. The second-order valence-electron chi connectivity index (χ2n) is 11.8. The minimum Gasteiger partial charge on any atom is -0.444 e. The van der Waals surface area contributed by atoms with Crippen LogP contribution in [0.3, 0.4) is 0 Å². The quantitative estimate of drug-likeness (QED) is 0.335. The highest BCUT2D eigenvalue weighted by molar-refractivity contribution is 5.92. The molecule has 2 aromatic carbocycles. The molecule has 0 bridgehead atoms. The van der Waals surface area contributed by atoms with E-state index < -0.39 is 36.3 Å². The molecule has 2 rings (SSSR count). The number of nitrogens with zero attached hydrogens (tertiary/aromatic N) is 1. The standard InChI is InChI=1S/C32H47N3O5/c1-21(2)17-18-23(4)35(30(38)27(20-36)34-31(39)40-32(6,7)8)28(26-16-12-13-22(3)24(26)5)29(37)33-19-25-14-10-9-11-15-25/h9-16,21,23,27-28,36H,17-20H2,1-8H3,(H,33,37)(H,34,39). The maximum atomic E-state index is 14.2. The highest BCUT2D eigenvalue weighted by Gasteiger charge is 2.39. The van der Waals surface area contributed by atoms with Crippen LogP contribution in [-0.4, -0.2) is 52.2 Å². The predicted octanol–water partition coefficient (Wildman–Crippen LogP) is 5.20. The molecule has 8 nitrogen and oxygen atoms in total. The number of hydrogen-bond donors (Lipinski definition) is 3. The third-order valence-corrected chi connectivity index (χ3v) is 6.84. The van der Waals surface area contributed by atoms with E-state index in [1.165, 1.54) is 4.90 Å². The van der Waals surface area contributed by atoms with Crippen LogP contribution >= 0.6 is 0 Å². The van der Waals surface area contributed by atoms with Gasteiger partial charge in [0.1, 0.15) is 17.7 Å². The molecule has 220 valence electrons. The van der Waals surface area contributed by atoms with E-state index in [9.17, 15) is 19.5 Å². The summed E-state index contributed by atoms with van der Waals surface area (Å²) < 4.78 is 5.34. The van der Waals surface area contributed by atoms with Crippen molar-refractivity contribution >= 4 is 17.9 Å². The second-order valence-corrected chi connectivity index (χ2v) is 11.8. The van der Waals surface area contributed by atoms with Crippen LogP contribution in [0.4, 0.5) is 4.79 Å². The lowest BCUT2D eigenvalue weighted by Gasteiger charge is -2.39. The number of hydrogen-bond acceptors (Lipinski definition) is 5. The molecule has 0 aromatic heterocycles. The normalized spacial score (nSPS) is 13.8. The first-order valence-corrected chi connectivity index (χ1v) is 14.1. The van der Waals surface area contributed by atoms with Crippen molar-refractivity contribution < 1.29 is 24.2 Å². The third-order valence-electron chi connectivity index (χ3n) is 6.84. The number of aliphatic hydroxyl groups is 1. The highest BCUT2D eigenvalue weighted by atomic mass is 16.6. The van der Waals surface area contributed by atoms with E-state index in [1.807, 2.05) is 69.3 Å². The van der Waals surface area contributed by atoms with Crippen LogP contribution in [-0.2, 0) is 20.9 Å². The zero-order valence-corrected chi connectivity index (χ0v) is 25.3. The second kappa shape index (κ2) is 14.8. The lowest BCUT2D eigenvalue weighted by Crippen LogP contribution is -2.56. The molecule has 0 aliphatic carbocycles. The van der Waals surface area contributed by atoms with Gasteiger partial charge in [-0.15, -0.1) is 0 Å². The van der Waals surface area contributed by atoms with Crippen LogP contribution in [0.25, 0.3) is 0 Å². The predicted molar refractivity (Wildman–Crippen MR) is 158 cm³/mol. The van der Waals surface area contributed by atoms with Gasteiger partial charge in [0, 0.05) is 12.6 Å². The van der Waals surface area contributed by atoms with E-state index in [1.54, 1.807) is 20.8 Å². The summed E-state index contributed by atoms with van der Waals surface area (Å²) in [5.74, 6) is -0.499. The van der Waals surface area contributed by atoms with E-state index in [0.29, 0.717) is 24.4 Å². The summed E-state index contributed by atoms with van der Waals surface area (Å²) in [6, 6.07) is 12.6. The van der Waals surface area contributed by atoms with Crippen molar-refractivity contribution in [3.8, 4) is 0 Å². The van der Waals surface area contributed by atoms with Crippen molar-refractivity contribution in [3.63, 3.8) is 0 Å². The number of aliphatic hydroxyl groups excluding tert-OH is 1. The Balaban J connectivity index is 2.56. The van der Waals surface area contributed by atoms with E-state index in [0.717, 1.165) is 23.1 Å². The molecule has 0 spiro atoms. The maximum absolute atomic E-state index is 14.2. The Morgan fingerprint density at radius 1 is 0.950 bits per heavy atom. The molecule has 40 heavy (non-hydrogen) atoms. The van der Waals surface area contributed by atoms with Gasteiger partial charge in [-0.3, -0.25) is 9.59 Å². The SMILES string of the molecule is Cc1cccc(C(C(=O)NCc2ccccc2)N(C(=O)C(CO)NC(=O)OC(C)(C)C)C(C)CCC(C)C)c1C. The van der Waals surface area contributed by atoms with E-state index in [-0.39, 0.29) is 11.9 Å². The minimum atomic E-state index is -1.29. The summed E-state index contributed by atoms with van der Waals surface area (Å²) in [4.78, 5) is 42.3. The van der Waals surface area contributed by atoms with Gasteiger partial charge in [0.05, 0.1) is 6.61 Å². The number of rotatable bonds is 12. The van der Waals surface area contributed by atoms with Crippen LogP contribution in [0.1, 0.15) is 82.7 Å². The van der Waals surface area contributed by atoms with Crippen molar-refractivity contribution in [1.29, 1.82) is 0 Å². The number of benzene rings is 2. The summed E-state index contributed by atoms with van der Waals surface area (Å²) in [6.45, 7) is 14.8. The molecule has 8 heteroatoms.